The van der Waals surface area contributed by atoms with E-state index >= 15 is 0 Å². The van der Waals surface area contributed by atoms with Crippen LogP contribution in [0.4, 0.5) is 11.4 Å². The van der Waals surface area contributed by atoms with Crippen molar-refractivity contribution in [3.8, 4) is 11.5 Å². The van der Waals surface area contributed by atoms with Gasteiger partial charge >= 0.3 is 0 Å². The Kier molecular flexibility index (Phi) is 2.94. The van der Waals surface area contributed by atoms with Gasteiger partial charge in [-0.15, -0.1) is 0 Å². The van der Waals surface area contributed by atoms with Crippen LogP contribution in [0.15, 0.2) is 12.1 Å². The van der Waals surface area contributed by atoms with Crippen LogP contribution in [0, 0.1) is 5.92 Å². The number of nitrogen functional groups attached to an aromatic ring is 1. The number of nitrogens with zero attached hydrogens (tertiary/aromatic N) is 1. The third-order valence-electron chi connectivity index (χ3n) is 3.69. The van der Waals surface area contributed by atoms with Gasteiger partial charge in [0.15, 0.2) is 11.5 Å². The van der Waals surface area contributed by atoms with Crippen molar-refractivity contribution in [1.82, 2.24) is 0 Å². The molecule has 3 rings (SSSR count). The molecule has 0 amide bonds. The predicted octanol–water partition coefficient (Wildman–Crippen LogP) is 2.28. The highest BCUT2D eigenvalue weighted by molar-refractivity contribution is 5.73. The zero-order valence-corrected chi connectivity index (χ0v) is 10.8. The first-order chi connectivity index (χ1) is 8.74. The molecule has 1 unspecified atom stereocenters. The number of fused-ring (bicyclic) bond motifs is 1. The Morgan fingerprint density at radius 3 is 2.67 bits per heavy atom. The zero-order valence-electron chi connectivity index (χ0n) is 10.8. The third kappa shape index (κ3) is 2.07. The summed E-state index contributed by atoms with van der Waals surface area (Å²) in [5.41, 5.74) is 8.02. The maximum atomic E-state index is 6.14. The van der Waals surface area contributed by atoms with Gasteiger partial charge < -0.3 is 20.1 Å². The van der Waals surface area contributed by atoms with Gasteiger partial charge in [0.2, 0.25) is 0 Å². The average Bonchev–Trinajstić information content (AvgIpc) is 2.38. The quantitative estimate of drug-likeness (QED) is 0.775. The molecule has 1 aromatic carbocycles. The minimum Gasteiger partial charge on any atom is -0.486 e. The summed E-state index contributed by atoms with van der Waals surface area (Å²) in [6.07, 6.45) is 2.54. The van der Waals surface area contributed by atoms with E-state index < -0.39 is 0 Å². The first-order valence-electron chi connectivity index (χ1n) is 6.68. The van der Waals surface area contributed by atoms with Crippen LogP contribution in [0.2, 0.25) is 0 Å². The normalized spacial score (nSPS) is 22.9. The topological polar surface area (TPSA) is 47.7 Å². The lowest BCUT2D eigenvalue weighted by Gasteiger charge is -2.34. The Bertz CT molecular complexity index is 448. The number of ether oxygens (including phenoxy) is 2. The molecular weight excluding hydrogens is 228 g/mol. The van der Waals surface area contributed by atoms with Gasteiger partial charge in [-0.2, -0.15) is 0 Å². The fraction of sp³-hybridized carbons (Fsp3) is 0.571. The van der Waals surface area contributed by atoms with Crippen molar-refractivity contribution in [2.75, 3.05) is 36.9 Å². The minimum atomic E-state index is 0.604. The Morgan fingerprint density at radius 1 is 1.22 bits per heavy atom. The Hall–Kier alpha value is -1.58. The third-order valence-corrected chi connectivity index (χ3v) is 3.69. The van der Waals surface area contributed by atoms with Crippen molar-refractivity contribution in [3.05, 3.63) is 12.1 Å². The lowest BCUT2D eigenvalue weighted by Crippen LogP contribution is -2.34. The maximum Gasteiger partial charge on any atom is 0.163 e. The van der Waals surface area contributed by atoms with Crippen LogP contribution >= 0.6 is 0 Å². The molecule has 2 aliphatic heterocycles. The Labute approximate surface area is 108 Å². The second-order valence-corrected chi connectivity index (χ2v) is 5.25. The molecule has 0 bridgehead atoms. The second kappa shape index (κ2) is 4.59. The molecule has 0 radical (unpaired) electrons. The van der Waals surface area contributed by atoms with Crippen LogP contribution in [0.3, 0.4) is 0 Å². The van der Waals surface area contributed by atoms with Gasteiger partial charge in [0, 0.05) is 25.2 Å². The molecule has 1 atom stereocenters. The number of rotatable bonds is 1. The highest BCUT2D eigenvalue weighted by Gasteiger charge is 2.21. The van der Waals surface area contributed by atoms with E-state index in [2.05, 4.69) is 11.8 Å². The van der Waals surface area contributed by atoms with Gasteiger partial charge in [-0.05, 0) is 18.8 Å². The average molecular weight is 248 g/mol. The molecule has 0 aromatic heterocycles. The molecule has 2 aliphatic rings. The molecule has 4 nitrogen and oxygen atoms in total. The van der Waals surface area contributed by atoms with E-state index in [9.17, 15) is 0 Å². The largest absolute Gasteiger partial charge is 0.486 e. The van der Waals surface area contributed by atoms with Gasteiger partial charge in [-0.3, -0.25) is 0 Å². The Balaban J connectivity index is 1.91. The summed E-state index contributed by atoms with van der Waals surface area (Å²) < 4.78 is 11.2. The molecule has 0 aliphatic carbocycles. The first-order valence-corrected chi connectivity index (χ1v) is 6.68. The number of piperidine rings is 1. The van der Waals surface area contributed by atoms with E-state index in [1.54, 1.807) is 0 Å². The highest BCUT2D eigenvalue weighted by atomic mass is 16.6. The number of nitrogens with two attached hydrogens (primary N) is 1. The van der Waals surface area contributed by atoms with Crippen molar-refractivity contribution in [3.63, 3.8) is 0 Å². The second-order valence-electron chi connectivity index (χ2n) is 5.25. The highest BCUT2D eigenvalue weighted by Crippen LogP contribution is 2.39. The molecule has 18 heavy (non-hydrogen) atoms. The van der Waals surface area contributed by atoms with Crippen LogP contribution in [-0.2, 0) is 0 Å². The van der Waals surface area contributed by atoms with Crippen LogP contribution in [0.25, 0.3) is 0 Å². The van der Waals surface area contributed by atoms with E-state index in [4.69, 9.17) is 15.2 Å². The van der Waals surface area contributed by atoms with Crippen molar-refractivity contribution in [2.45, 2.75) is 19.8 Å². The van der Waals surface area contributed by atoms with Crippen LogP contribution in [-0.4, -0.2) is 26.3 Å². The van der Waals surface area contributed by atoms with E-state index in [-0.39, 0.29) is 0 Å². The maximum absolute atomic E-state index is 6.14. The smallest absolute Gasteiger partial charge is 0.163 e. The fourth-order valence-electron chi connectivity index (χ4n) is 2.78. The van der Waals surface area contributed by atoms with Crippen molar-refractivity contribution in [2.24, 2.45) is 5.92 Å². The summed E-state index contributed by atoms with van der Waals surface area (Å²) >= 11 is 0. The van der Waals surface area contributed by atoms with Gasteiger partial charge in [0.1, 0.15) is 13.2 Å². The zero-order chi connectivity index (χ0) is 12.5. The SMILES string of the molecule is CC1CCCN(c2cc3c(cc2N)OCCO3)C1. The summed E-state index contributed by atoms with van der Waals surface area (Å²) in [5.74, 6) is 2.32. The summed E-state index contributed by atoms with van der Waals surface area (Å²) in [5, 5.41) is 0. The molecule has 2 N–H and O–H groups in total. The molecule has 1 fully saturated rings. The van der Waals surface area contributed by atoms with Crippen molar-refractivity contribution >= 4 is 11.4 Å². The van der Waals surface area contributed by atoms with Crippen LogP contribution < -0.4 is 20.1 Å². The Morgan fingerprint density at radius 2 is 1.94 bits per heavy atom. The molecule has 0 saturated carbocycles. The molecule has 1 saturated heterocycles. The first kappa shape index (κ1) is 11.5. The van der Waals surface area contributed by atoms with E-state index in [0.717, 1.165) is 41.9 Å². The molecule has 1 aromatic rings. The predicted molar refractivity (Wildman–Crippen MR) is 72.5 cm³/mol. The number of anilines is 2. The molecular formula is C14H20N2O2. The lowest BCUT2D eigenvalue weighted by atomic mass is 9.99. The van der Waals surface area contributed by atoms with E-state index in [1.165, 1.54) is 12.8 Å². The minimum absolute atomic E-state index is 0.604. The van der Waals surface area contributed by atoms with Gasteiger partial charge in [0.05, 0.1) is 11.4 Å². The summed E-state index contributed by atoms with van der Waals surface area (Å²) in [6, 6.07) is 3.92. The molecule has 98 valence electrons. The fourth-order valence-corrected chi connectivity index (χ4v) is 2.78. The van der Waals surface area contributed by atoms with E-state index in [0.29, 0.717) is 13.2 Å². The molecule has 0 spiro atoms. The standard InChI is InChI=1S/C14H20N2O2/c1-10-3-2-4-16(9-10)12-8-14-13(7-11(12)15)17-5-6-18-14/h7-8,10H,2-6,9,15H2,1H3. The van der Waals surface area contributed by atoms with Crippen LogP contribution in [0.1, 0.15) is 19.8 Å². The van der Waals surface area contributed by atoms with Gasteiger partial charge in [-0.25, -0.2) is 0 Å². The number of hydrogen-bond acceptors (Lipinski definition) is 4. The summed E-state index contributed by atoms with van der Waals surface area (Å²) in [7, 11) is 0. The van der Waals surface area contributed by atoms with E-state index in [1.807, 2.05) is 12.1 Å². The van der Waals surface area contributed by atoms with Gasteiger partial charge in [-0.1, -0.05) is 6.92 Å². The summed E-state index contributed by atoms with van der Waals surface area (Å²) in [4.78, 5) is 2.36. The monoisotopic (exact) mass is 248 g/mol. The van der Waals surface area contributed by atoms with Gasteiger partial charge in [0.25, 0.3) is 0 Å². The van der Waals surface area contributed by atoms with Crippen molar-refractivity contribution < 1.29 is 9.47 Å². The lowest BCUT2D eigenvalue weighted by molar-refractivity contribution is 0.171. The number of benzene rings is 1. The molecule has 4 heteroatoms. The number of hydrogen-bond donors (Lipinski definition) is 1. The van der Waals surface area contributed by atoms with Crippen LogP contribution in [0.5, 0.6) is 11.5 Å². The van der Waals surface area contributed by atoms with Crippen molar-refractivity contribution in [1.29, 1.82) is 0 Å². The summed E-state index contributed by atoms with van der Waals surface area (Å²) in [6.45, 7) is 5.66. The molecule has 2 heterocycles.